The lowest BCUT2D eigenvalue weighted by molar-refractivity contribution is 0.604. The smallest absolute Gasteiger partial charge is 0.129 e. The number of nitriles is 1. The second kappa shape index (κ2) is 6.93. The summed E-state index contributed by atoms with van der Waals surface area (Å²) >= 11 is 5.76. The fourth-order valence-corrected chi connectivity index (χ4v) is 2.14. The minimum absolute atomic E-state index is 0.324. The topological polar surface area (TPSA) is 27.0 Å². The predicted molar refractivity (Wildman–Crippen MR) is 79.1 cm³/mol. The van der Waals surface area contributed by atoms with Gasteiger partial charge in [-0.1, -0.05) is 35.9 Å². The van der Waals surface area contributed by atoms with E-state index in [1.807, 2.05) is 35.2 Å². The maximum absolute atomic E-state index is 13.9. The first kappa shape index (κ1) is 14.4. The van der Waals surface area contributed by atoms with Crippen LogP contribution in [0.15, 0.2) is 48.5 Å². The second-order valence-electron chi connectivity index (χ2n) is 4.40. The van der Waals surface area contributed by atoms with Crippen molar-refractivity contribution in [2.45, 2.75) is 13.0 Å². The number of hydrogen-bond donors (Lipinski definition) is 0. The molecule has 0 radical (unpaired) electrons. The van der Waals surface area contributed by atoms with Gasteiger partial charge in [-0.25, -0.2) is 4.39 Å². The zero-order chi connectivity index (χ0) is 14.4. The monoisotopic (exact) mass is 288 g/mol. The maximum atomic E-state index is 13.9. The van der Waals surface area contributed by atoms with Crippen LogP contribution >= 0.6 is 11.6 Å². The zero-order valence-electron chi connectivity index (χ0n) is 10.9. The van der Waals surface area contributed by atoms with E-state index in [1.165, 1.54) is 6.07 Å². The van der Waals surface area contributed by atoms with E-state index in [4.69, 9.17) is 16.9 Å². The van der Waals surface area contributed by atoms with Gasteiger partial charge in [-0.15, -0.1) is 0 Å². The summed E-state index contributed by atoms with van der Waals surface area (Å²) < 4.78 is 13.9. The van der Waals surface area contributed by atoms with Crippen molar-refractivity contribution < 1.29 is 4.39 Å². The van der Waals surface area contributed by atoms with Gasteiger partial charge in [0, 0.05) is 29.4 Å². The molecule has 0 aliphatic rings. The number of anilines is 1. The molecule has 0 saturated carbocycles. The van der Waals surface area contributed by atoms with E-state index in [-0.39, 0.29) is 5.82 Å². The van der Waals surface area contributed by atoms with Crippen LogP contribution in [0.3, 0.4) is 0 Å². The summed E-state index contributed by atoms with van der Waals surface area (Å²) in [5.74, 6) is -0.324. The molecule has 2 rings (SSSR count). The van der Waals surface area contributed by atoms with Gasteiger partial charge in [0.1, 0.15) is 5.82 Å². The number of benzene rings is 2. The van der Waals surface area contributed by atoms with Crippen molar-refractivity contribution in [3.8, 4) is 6.07 Å². The van der Waals surface area contributed by atoms with Gasteiger partial charge in [0.05, 0.1) is 12.5 Å². The Bertz CT molecular complexity index is 608. The van der Waals surface area contributed by atoms with E-state index in [1.54, 1.807) is 12.1 Å². The number of hydrogen-bond acceptors (Lipinski definition) is 2. The number of halogens is 2. The average Bonchev–Trinajstić information content (AvgIpc) is 2.46. The fourth-order valence-electron chi connectivity index (χ4n) is 1.98. The molecule has 2 aromatic rings. The van der Waals surface area contributed by atoms with Crippen LogP contribution in [0.4, 0.5) is 10.1 Å². The first-order valence-electron chi connectivity index (χ1n) is 6.31. The summed E-state index contributed by atoms with van der Waals surface area (Å²) in [6, 6.07) is 16.5. The number of rotatable bonds is 5. The van der Waals surface area contributed by atoms with E-state index >= 15 is 0 Å². The van der Waals surface area contributed by atoms with E-state index in [0.717, 1.165) is 5.69 Å². The highest BCUT2D eigenvalue weighted by molar-refractivity contribution is 6.30. The molecule has 4 heteroatoms. The Kier molecular flexibility index (Phi) is 4.97. The van der Waals surface area contributed by atoms with Crippen LogP contribution in [0.1, 0.15) is 12.0 Å². The van der Waals surface area contributed by atoms with Crippen LogP contribution in [0, 0.1) is 17.1 Å². The molecule has 0 atom stereocenters. The molecule has 0 spiro atoms. The van der Waals surface area contributed by atoms with Gasteiger partial charge in [0.15, 0.2) is 0 Å². The Labute approximate surface area is 123 Å². The highest BCUT2D eigenvalue weighted by Crippen LogP contribution is 2.20. The maximum Gasteiger partial charge on any atom is 0.129 e. The van der Waals surface area contributed by atoms with Gasteiger partial charge < -0.3 is 4.90 Å². The largest absolute Gasteiger partial charge is 0.366 e. The Hall–Kier alpha value is -2.05. The molecule has 102 valence electrons. The Balaban J connectivity index is 2.22. The molecule has 2 nitrogen and oxygen atoms in total. The molecule has 2 aromatic carbocycles. The molecular formula is C16H14ClFN2. The lowest BCUT2D eigenvalue weighted by Gasteiger charge is -2.24. The highest BCUT2D eigenvalue weighted by atomic mass is 35.5. The normalized spacial score (nSPS) is 10.1. The number of nitrogens with zero attached hydrogens (tertiary/aromatic N) is 2. The minimum Gasteiger partial charge on any atom is -0.366 e. The average molecular weight is 289 g/mol. The molecule has 0 saturated heterocycles. The van der Waals surface area contributed by atoms with Gasteiger partial charge in [0.25, 0.3) is 0 Å². The van der Waals surface area contributed by atoms with Crippen LogP contribution in [0.2, 0.25) is 5.02 Å². The third-order valence-electron chi connectivity index (χ3n) is 2.99. The standard InChI is InChI=1S/C16H14ClFN2/c17-14-8-7-13(16(18)11-14)12-20(10-4-9-19)15-5-2-1-3-6-15/h1-3,5-8,11H,4,10,12H2. The summed E-state index contributed by atoms with van der Waals surface area (Å²) in [6.07, 6.45) is 0.393. The first-order chi connectivity index (χ1) is 9.70. The van der Waals surface area contributed by atoms with E-state index < -0.39 is 0 Å². The SMILES string of the molecule is N#CCCN(Cc1ccc(Cl)cc1F)c1ccccc1. The molecule has 0 aliphatic heterocycles. The summed E-state index contributed by atoms with van der Waals surface area (Å²) in [5.41, 5.74) is 1.54. The molecule has 0 aliphatic carbocycles. The van der Waals surface area contributed by atoms with Gasteiger partial charge in [-0.2, -0.15) is 5.26 Å². The summed E-state index contributed by atoms with van der Waals surface area (Å²) in [7, 11) is 0. The Morgan fingerprint density at radius 2 is 1.90 bits per heavy atom. The molecular weight excluding hydrogens is 275 g/mol. The van der Waals surface area contributed by atoms with Crippen molar-refractivity contribution >= 4 is 17.3 Å². The van der Waals surface area contributed by atoms with E-state index in [9.17, 15) is 4.39 Å². The van der Waals surface area contributed by atoms with E-state index in [2.05, 4.69) is 6.07 Å². The molecule has 0 bridgehead atoms. The number of para-hydroxylation sites is 1. The molecule has 0 heterocycles. The van der Waals surface area contributed by atoms with Gasteiger partial charge in [-0.3, -0.25) is 0 Å². The lowest BCUT2D eigenvalue weighted by Crippen LogP contribution is -2.24. The molecule has 0 fully saturated rings. The van der Waals surface area contributed by atoms with Crippen molar-refractivity contribution in [3.05, 3.63) is 64.9 Å². The van der Waals surface area contributed by atoms with E-state index in [0.29, 0.717) is 30.1 Å². The quantitative estimate of drug-likeness (QED) is 0.815. The fraction of sp³-hybridized carbons (Fsp3) is 0.188. The van der Waals surface area contributed by atoms with Crippen molar-refractivity contribution in [1.29, 1.82) is 5.26 Å². The summed E-state index contributed by atoms with van der Waals surface area (Å²) in [4.78, 5) is 1.98. The van der Waals surface area contributed by atoms with Crippen molar-refractivity contribution in [1.82, 2.24) is 0 Å². The van der Waals surface area contributed by atoms with Crippen LogP contribution in [-0.4, -0.2) is 6.54 Å². The Morgan fingerprint density at radius 3 is 2.55 bits per heavy atom. The molecule has 20 heavy (non-hydrogen) atoms. The van der Waals surface area contributed by atoms with Crippen molar-refractivity contribution in [2.24, 2.45) is 0 Å². The molecule has 0 amide bonds. The third-order valence-corrected chi connectivity index (χ3v) is 3.23. The predicted octanol–water partition coefficient (Wildman–Crippen LogP) is 4.40. The summed E-state index contributed by atoms with van der Waals surface area (Å²) in [6.45, 7) is 0.970. The van der Waals surface area contributed by atoms with Gasteiger partial charge in [-0.05, 0) is 24.3 Å². The third kappa shape index (κ3) is 3.72. The minimum atomic E-state index is -0.324. The van der Waals surface area contributed by atoms with Crippen LogP contribution in [-0.2, 0) is 6.54 Å². The molecule has 0 N–H and O–H groups in total. The zero-order valence-corrected chi connectivity index (χ0v) is 11.6. The highest BCUT2D eigenvalue weighted by Gasteiger charge is 2.10. The van der Waals surface area contributed by atoms with Gasteiger partial charge in [0.2, 0.25) is 0 Å². The second-order valence-corrected chi connectivity index (χ2v) is 4.84. The Morgan fingerprint density at radius 1 is 1.15 bits per heavy atom. The summed E-state index contributed by atoms with van der Waals surface area (Å²) in [5, 5.41) is 9.13. The van der Waals surface area contributed by atoms with Crippen molar-refractivity contribution in [3.63, 3.8) is 0 Å². The van der Waals surface area contributed by atoms with Crippen molar-refractivity contribution in [2.75, 3.05) is 11.4 Å². The van der Waals surface area contributed by atoms with Crippen LogP contribution in [0.25, 0.3) is 0 Å². The molecule has 0 unspecified atom stereocenters. The first-order valence-corrected chi connectivity index (χ1v) is 6.69. The lowest BCUT2D eigenvalue weighted by atomic mass is 10.1. The van der Waals surface area contributed by atoms with Gasteiger partial charge >= 0.3 is 0 Å². The molecule has 0 aromatic heterocycles. The van der Waals surface area contributed by atoms with Crippen LogP contribution < -0.4 is 4.90 Å². The van der Waals surface area contributed by atoms with Crippen LogP contribution in [0.5, 0.6) is 0 Å².